The maximum absolute atomic E-state index is 6.09. The highest BCUT2D eigenvalue weighted by molar-refractivity contribution is 7.09. The van der Waals surface area contributed by atoms with Gasteiger partial charge in [-0.05, 0) is 24.1 Å². The third kappa shape index (κ3) is 4.43. The first-order valence-corrected chi connectivity index (χ1v) is 7.89. The van der Waals surface area contributed by atoms with E-state index in [2.05, 4.69) is 10.3 Å². The predicted molar refractivity (Wildman–Crippen MR) is 84.6 cm³/mol. The van der Waals surface area contributed by atoms with Crippen molar-refractivity contribution in [3.05, 3.63) is 50.4 Å². The standard InChI is InChI=1S/C14H16Cl2N2OS/c1-19-5-4-14(18-8-11-7-17-9-20-11)10-2-3-12(15)13(16)6-10/h2-3,6-7,9,14,18H,4-5,8H2,1H3/t14-/m1/s1. The number of methoxy groups -OCH3 is 1. The molecule has 0 amide bonds. The van der Waals surface area contributed by atoms with Gasteiger partial charge in [0.25, 0.3) is 0 Å². The number of nitrogens with one attached hydrogen (secondary N) is 1. The summed E-state index contributed by atoms with van der Waals surface area (Å²) in [4.78, 5) is 5.28. The van der Waals surface area contributed by atoms with Crippen molar-refractivity contribution in [3.63, 3.8) is 0 Å². The molecule has 0 unspecified atom stereocenters. The first-order valence-electron chi connectivity index (χ1n) is 6.25. The van der Waals surface area contributed by atoms with E-state index >= 15 is 0 Å². The first kappa shape index (κ1) is 15.7. The number of ether oxygens (including phenoxy) is 1. The van der Waals surface area contributed by atoms with Gasteiger partial charge < -0.3 is 10.1 Å². The minimum absolute atomic E-state index is 0.173. The van der Waals surface area contributed by atoms with Gasteiger partial charge in [-0.3, -0.25) is 4.98 Å². The van der Waals surface area contributed by atoms with Crippen molar-refractivity contribution in [2.24, 2.45) is 0 Å². The topological polar surface area (TPSA) is 34.1 Å². The minimum Gasteiger partial charge on any atom is -0.385 e. The van der Waals surface area contributed by atoms with Gasteiger partial charge in [0.2, 0.25) is 0 Å². The van der Waals surface area contributed by atoms with Crippen molar-refractivity contribution in [2.45, 2.75) is 19.0 Å². The summed E-state index contributed by atoms with van der Waals surface area (Å²) in [5.41, 5.74) is 2.95. The number of halogens is 2. The van der Waals surface area contributed by atoms with Gasteiger partial charge in [0, 0.05) is 37.4 Å². The minimum atomic E-state index is 0.173. The van der Waals surface area contributed by atoms with Crippen LogP contribution in [0.4, 0.5) is 0 Å². The maximum atomic E-state index is 6.09. The van der Waals surface area contributed by atoms with E-state index in [0.717, 1.165) is 18.5 Å². The van der Waals surface area contributed by atoms with Crippen LogP contribution in [0.5, 0.6) is 0 Å². The Morgan fingerprint density at radius 1 is 1.35 bits per heavy atom. The lowest BCUT2D eigenvalue weighted by atomic mass is 10.0. The average Bonchev–Trinajstić information content (AvgIpc) is 2.95. The van der Waals surface area contributed by atoms with Crippen LogP contribution in [0, 0.1) is 0 Å². The molecule has 0 aliphatic rings. The number of thiazole rings is 1. The summed E-state index contributed by atoms with van der Waals surface area (Å²) >= 11 is 13.7. The molecular formula is C14H16Cl2N2OS. The van der Waals surface area contributed by atoms with Crippen LogP contribution < -0.4 is 5.32 Å². The SMILES string of the molecule is COCC[C@@H](NCc1cncs1)c1ccc(Cl)c(Cl)c1. The molecule has 2 aromatic rings. The Labute approximate surface area is 132 Å². The lowest BCUT2D eigenvalue weighted by Crippen LogP contribution is -2.22. The molecule has 0 saturated carbocycles. The molecule has 1 N–H and O–H groups in total. The number of hydrogen-bond acceptors (Lipinski definition) is 4. The van der Waals surface area contributed by atoms with Crippen molar-refractivity contribution in [1.29, 1.82) is 0 Å². The van der Waals surface area contributed by atoms with Gasteiger partial charge in [-0.2, -0.15) is 0 Å². The molecule has 0 radical (unpaired) electrons. The van der Waals surface area contributed by atoms with Crippen molar-refractivity contribution < 1.29 is 4.74 Å². The number of aromatic nitrogens is 1. The summed E-state index contributed by atoms with van der Waals surface area (Å²) in [6, 6.07) is 5.90. The second-order valence-corrected chi connectivity index (χ2v) is 6.14. The second-order valence-electron chi connectivity index (χ2n) is 4.36. The van der Waals surface area contributed by atoms with Gasteiger partial charge in [0.1, 0.15) is 0 Å². The van der Waals surface area contributed by atoms with E-state index < -0.39 is 0 Å². The Balaban J connectivity index is 2.07. The number of rotatable bonds is 7. The molecule has 3 nitrogen and oxygen atoms in total. The van der Waals surface area contributed by atoms with Crippen LogP contribution in [0.25, 0.3) is 0 Å². The van der Waals surface area contributed by atoms with Crippen LogP contribution in [0.2, 0.25) is 10.0 Å². The van der Waals surface area contributed by atoms with Crippen molar-refractivity contribution in [3.8, 4) is 0 Å². The predicted octanol–water partition coefficient (Wildman–Crippen LogP) is 4.32. The fourth-order valence-electron chi connectivity index (χ4n) is 1.90. The van der Waals surface area contributed by atoms with Gasteiger partial charge >= 0.3 is 0 Å². The van der Waals surface area contributed by atoms with E-state index in [9.17, 15) is 0 Å². The quantitative estimate of drug-likeness (QED) is 0.820. The van der Waals surface area contributed by atoms with Crippen LogP contribution in [-0.4, -0.2) is 18.7 Å². The van der Waals surface area contributed by atoms with E-state index in [1.807, 2.05) is 29.9 Å². The van der Waals surface area contributed by atoms with E-state index in [1.54, 1.807) is 18.4 Å². The molecule has 0 spiro atoms. The zero-order valence-electron chi connectivity index (χ0n) is 11.1. The molecule has 6 heteroatoms. The Morgan fingerprint density at radius 2 is 2.20 bits per heavy atom. The van der Waals surface area contributed by atoms with E-state index in [1.165, 1.54) is 4.88 Å². The summed E-state index contributed by atoms with van der Waals surface area (Å²) in [5, 5.41) is 4.66. The largest absolute Gasteiger partial charge is 0.385 e. The van der Waals surface area contributed by atoms with Crippen molar-refractivity contribution >= 4 is 34.5 Å². The van der Waals surface area contributed by atoms with E-state index in [4.69, 9.17) is 27.9 Å². The molecule has 20 heavy (non-hydrogen) atoms. The Hall–Kier alpha value is -0.650. The molecule has 0 aliphatic heterocycles. The molecule has 1 aromatic carbocycles. The lowest BCUT2D eigenvalue weighted by molar-refractivity contribution is 0.182. The third-order valence-electron chi connectivity index (χ3n) is 2.96. The first-order chi connectivity index (χ1) is 9.70. The molecule has 1 aromatic heterocycles. The fourth-order valence-corrected chi connectivity index (χ4v) is 2.76. The zero-order chi connectivity index (χ0) is 14.4. The molecular weight excluding hydrogens is 315 g/mol. The van der Waals surface area contributed by atoms with E-state index in [-0.39, 0.29) is 6.04 Å². The Morgan fingerprint density at radius 3 is 2.85 bits per heavy atom. The maximum Gasteiger partial charge on any atom is 0.0794 e. The summed E-state index contributed by atoms with van der Waals surface area (Å²) in [6.07, 6.45) is 2.74. The molecule has 0 bridgehead atoms. The molecule has 1 heterocycles. The lowest BCUT2D eigenvalue weighted by Gasteiger charge is -2.19. The van der Waals surface area contributed by atoms with Crippen LogP contribution >= 0.6 is 34.5 Å². The smallest absolute Gasteiger partial charge is 0.0794 e. The number of hydrogen-bond donors (Lipinski definition) is 1. The van der Waals surface area contributed by atoms with E-state index in [0.29, 0.717) is 16.7 Å². The molecule has 2 rings (SSSR count). The van der Waals surface area contributed by atoms with Crippen LogP contribution in [-0.2, 0) is 11.3 Å². The van der Waals surface area contributed by atoms with Crippen molar-refractivity contribution in [1.82, 2.24) is 10.3 Å². The highest BCUT2D eigenvalue weighted by atomic mass is 35.5. The second kappa shape index (κ2) is 7.96. The summed E-state index contributed by atoms with van der Waals surface area (Å²) in [5.74, 6) is 0. The summed E-state index contributed by atoms with van der Waals surface area (Å²) in [6.45, 7) is 1.46. The Bertz CT molecular complexity index is 534. The molecule has 0 fully saturated rings. The molecule has 0 aliphatic carbocycles. The van der Waals surface area contributed by atoms with Gasteiger partial charge in [0.15, 0.2) is 0 Å². The highest BCUT2D eigenvalue weighted by Crippen LogP contribution is 2.27. The van der Waals surface area contributed by atoms with Crippen molar-refractivity contribution in [2.75, 3.05) is 13.7 Å². The van der Waals surface area contributed by atoms with Crippen LogP contribution in [0.15, 0.2) is 29.9 Å². The number of nitrogens with zero attached hydrogens (tertiary/aromatic N) is 1. The average molecular weight is 331 g/mol. The Kier molecular flexibility index (Phi) is 6.26. The monoisotopic (exact) mass is 330 g/mol. The third-order valence-corrected chi connectivity index (χ3v) is 4.48. The van der Waals surface area contributed by atoms with Crippen LogP contribution in [0.3, 0.4) is 0 Å². The molecule has 0 saturated heterocycles. The van der Waals surface area contributed by atoms with Gasteiger partial charge in [0.05, 0.1) is 15.6 Å². The highest BCUT2D eigenvalue weighted by Gasteiger charge is 2.13. The zero-order valence-corrected chi connectivity index (χ0v) is 13.4. The molecule has 1 atom stereocenters. The normalized spacial score (nSPS) is 12.6. The summed E-state index contributed by atoms with van der Waals surface area (Å²) in [7, 11) is 1.70. The molecule has 108 valence electrons. The number of benzene rings is 1. The summed E-state index contributed by atoms with van der Waals surface area (Å²) < 4.78 is 5.18. The fraction of sp³-hybridized carbons (Fsp3) is 0.357. The van der Waals surface area contributed by atoms with Gasteiger partial charge in [-0.15, -0.1) is 11.3 Å². The van der Waals surface area contributed by atoms with Crippen LogP contribution in [0.1, 0.15) is 22.9 Å². The van der Waals surface area contributed by atoms with Gasteiger partial charge in [-0.1, -0.05) is 29.3 Å². The van der Waals surface area contributed by atoms with Gasteiger partial charge in [-0.25, -0.2) is 0 Å².